The van der Waals surface area contributed by atoms with Gasteiger partial charge in [-0.05, 0) is 42.8 Å². The van der Waals surface area contributed by atoms with Gasteiger partial charge in [0.1, 0.15) is 11.5 Å². The number of rotatable bonds is 8. The lowest BCUT2D eigenvalue weighted by Gasteiger charge is -2.20. The van der Waals surface area contributed by atoms with Crippen molar-refractivity contribution in [2.75, 3.05) is 18.4 Å². The molecule has 25 heavy (non-hydrogen) atoms. The van der Waals surface area contributed by atoms with E-state index in [1.54, 1.807) is 29.2 Å². The molecule has 0 aliphatic rings. The van der Waals surface area contributed by atoms with E-state index in [4.69, 9.17) is 4.74 Å². The van der Waals surface area contributed by atoms with Crippen LogP contribution in [0.3, 0.4) is 0 Å². The van der Waals surface area contributed by atoms with Crippen LogP contribution in [-0.2, 0) is 9.59 Å². The molecule has 5 nitrogen and oxygen atoms in total. The monoisotopic (exact) mass is 340 g/mol. The zero-order valence-corrected chi connectivity index (χ0v) is 14.7. The summed E-state index contributed by atoms with van der Waals surface area (Å²) in [6.45, 7) is 4.21. The summed E-state index contributed by atoms with van der Waals surface area (Å²) in [6, 6.07) is 16.6. The average molecular weight is 340 g/mol. The fraction of sp³-hybridized carbons (Fsp3) is 0.300. The molecule has 2 aromatic rings. The van der Waals surface area contributed by atoms with Gasteiger partial charge in [-0.25, -0.2) is 0 Å². The number of amides is 2. The summed E-state index contributed by atoms with van der Waals surface area (Å²) in [7, 11) is 0. The molecular formula is C20H24N2O3. The van der Waals surface area contributed by atoms with Gasteiger partial charge in [-0.1, -0.05) is 31.5 Å². The SMILES string of the molecule is CCCCN(CC(=O)Nc1ccc(Oc2ccccc2)cc1)C(C)=O. The Morgan fingerprint density at radius 2 is 1.64 bits per heavy atom. The number of hydrogen-bond acceptors (Lipinski definition) is 3. The topological polar surface area (TPSA) is 58.6 Å². The second kappa shape index (κ2) is 9.47. The van der Waals surface area contributed by atoms with Crippen LogP contribution in [0.25, 0.3) is 0 Å². The minimum atomic E-state index is -0.206. The number of unbranched alkanes of at least 4 members (excludes halogenated alkanes) is 1. The van der Waals surface area contributed by atoms with Crippen molar-refractivity contribution in [3.05, 3.63) is 54.6 Å². The van der Waals surface area contributed by atoms with Gasteiger partial charge in [0.05, 0.1) is 6.54 Å². The molecule has 0 aliphatic heterocycles. The molecule has 5 heteroatoms. The molecule has 0 aliphatic carbocycles. The van der Waals surface area contributed by atoms with Gasteiger partial charge in [0.2, 0.25) is 11.8 Å². The van der Waals surface area contributed by atoms with Crippen LogP contribution in [0.2, 0.25) is 0 Å². The number of benzene rings is 2. The van der Waals surface area contributed by atoms with E-state index in [1.807, 2.05) is 30.3 Å². The van der Waals surface area contributed by atoms with E-state index in [1.165, 1.54) is 6.92 Å². The van der Waals surface area contributed by atoms with Crippen molar-refractivity contribution >= 4 is 17.5 Å². The van der Waals surface area contributed by atoms with Crippen LogP contribution in [0.15, 0.2) is 54.6 Å². The number of nitrogens with one attached hydrogen (secondary N) is 1. The molecule has 2 aromatic carbocycles. The number of para-hydroxylation sites is 1. The summed E-state index contributed by atoms with van der Waals surface area (Å²) in [5.41, 5.74) is 0.671. The Kier molecular flexibility index (Phi) is 7.01. The number of nitrogens with zero attached hydrogens (tertiary/aromatic N) is 1. The molecule has 0 saturated carbocycles. The van der Waals surface area contributed by atoms with E-state index in [2.05, 4.69) is 12.2 Å². The van der Waals surface area contributed by atoms with Gasteiger partial charge in [0.15, 0.2) is 0 Å². The first-order valence-corrected chi connectivity index (χ1v) is 8.47. The van der Waals surface area contributed by atoms with Crippen molar-refractivity contribution < 1.29 is 14.3 Å². The van der Waals surface area contributed by atoms with Crippen LogP contribution in [-0.4, -0.2) is 29.8 Å². The highest BCUT2D eigenvalue weighted by Gasteiger charge is 2.13. The predicted octanol–water partition coefficient (Wildman–Crippen LogP) is 4.07. The van der Waals surface area contributed by atoms with Crippen LogP contribution in [0, 0.1) is 0 Å². The van der Waals surface area contributed by atoms with Gasteiger partial charge in [-0.15, -0.1) is 0 Å². The molecule has 0 radical (unpaired) electrons. The second-order valence-corrected chi connectivity index (χ2v) is 5.78. The second-order valence-electron chi connectivity index (χ2n) is 5.78. The van der Waals surface area contributed by atoms with Crippen molar-refractivity contribution in [1.29, 1.82) is 0 Å². The Morgan fingerprint density at radius 1 is 1.00 bits per heavy atom. The molecule has 0 heterocycles. The van der Waals surface area contributed by atoms with E-state index in [0.717, 1.165) is 18.6 Å². The normalized spacial score (nSPS) is 10.2. The first kappa shape index (κ1) is 18.5. The lowest BCUT2D eigenvalue weighted by Crippen LogP contribution is -2.37. The Bertz CT molecular complexity index is 684. The Hall–Kier alpha value is -2.82. The summed E-state index contributed by atoms with van der Waals surface area (Å²) in [5.74, 6) is 1.16. The van der Waals surface area contributed by atoms with E-state index < -0.39 is 0 Å². The van der Waals surface area contributed by atoms with E-state index in [-0.39, 0.29) is 18.4 Å². The third-order valence-electron chi connectivity index (χ3n) is 3.68. The Labute approximate surface area is 148 Å². The van der Waals surface area contributed by atoms with Crippen LogP contribution in [0.1, 0.15) is 26.7 Å². The zero-order chi connectivity index (χ0) is 18.1. The molecule has 132 valence electrons. The Morgan fingerprint density at radius 3 is 2.24 bits per heavy atom. The first-order chi connectivity index (χ1) is 12.1. The fourth-order valence-electron chi connectivity index (χ4n) is 2.30. The van der Waals surface area contributed by atoms with Crippen molar-refractivity contribution in [3.8, 4) is 11.5 Å². The van der Waals surface area contributed by atoms with Gasteiger partial charge < -0.3 is 15.0 Å². The van der Waals surface area contributed by atoms with Crippen LogP contribution >= 0.6 is 0 Å². The molecule has 1 N–H and O–H groups in total. The predicted molar refractivity (Wildman–Crippen MR) is 98.7 cm³/mol. The fourth-order valence-corrected chi connectivity index (χ4v) is 2.30. The minimum absolute atomic E-state index is 0.0671. The molecular weight excluding hydrogens is 316 g/mol. The standard InChI is InChI=1S/C20H24N2O3/c1-3-4-14-22(16(2)23)15-20(24)21-17-10-12-19(13-11-17)25-18-8-6-5-7-9-18/h5-13H,3-4,14-15H2,1-2H3,(H,21,24). The van der Waals surface area contributed by atoms with E-state index in [9.17, 15) is 9.59 Å². The highest BCUT2D eigenvalue weighted by atomic mass is 16.5. The van der Waals surface area contributed by atoms with Crippen molar-refractivity contribution in [2.45, 2.75) is 26.7 Å². The smallest absolute Gasteiger partial charge is 0.243 e. The van der Waals surface area contributed by atoms with Crippen molar-refractivity contribution in [2.24, 2.45) is 0 Å². The number of carbonyl (C=O) groups is 2. The maximum Gasteiger partial charge on any atom is 0.243 e. The molecule has 0 spiro atoms. The van der Waals surface area contributed by atoms with Crippen LogP contribution < -0.4 is 10.1 Å². The largest absolute Gasteiger partial charge is 0.457 e. The third kappa shape index (κ3) is 6.30. The van der Waals surface area contributed by atoms with Gasteiger partial charge in [0, 0.05) is 19.2 Å². The van der Waals surface area contributed by atoms with Gasteiger partial charge in [0.25, 0.3) is 0 Å². The van der Waals surface area contributed by atoms with E-state index >= 15 is 0 Å². The minimum Gasteiger partial charge on any atom is -0.457 e. The number of ether oxygens (including phenoxy) is 1. The van der Waals surface area contributed by atoms with E-state index in [0.29, 0.717) is 18.0 Å². The summed E-state index contributed by atoms with van der Waals surface area (Å²) in [6.07, 6.45) is 1.87. The molecule has 0 unspecified atom stereocenters. The molecule has 2 amide bonds. The first-order valence-electron chi connectivity index (χ1n) is 8.47. The number of carbonyl (C=O) groups excluding carboxylic acids is 2. The molecule has 0 bridgehead atoms. The van der Waals surface area contributed by atoms with Crippen molar-refractivity contribution in [1.82, 2.24) is 4.90 Å². The third-order valence-corrected chi connectivity index (χ3v) is 3.68. The van der Waals surface area contributed by atoms with Crippen molar-refractivity contribution in [3.63, 3.8) is 0 Å². The lowest BCUT2D eigenvalue weighted by molar-refractivity contribution is -0.132. The lowest BCUT2D eigenvalue weighted by atomic mass is 10.3. The number of anilines is 1. The highest BCUT2D eigenvalue weighted by Crippen LogP contribution is 2.22. The molecule has 0 saturated heterocycles. The summed E-state index contributed by atoms with van der Waals surface area (Å²) >= 11 is 0. The Balaban J connectivity index is 1.89. The molecule has 2 rings (SSSR count). The van der Waals surface area contributed by atoms with Crippen LogP contribution in [0.5, 0.6) is 11.5 Å². The summed E-state index contributed by atoms with van der Waals surface area (Å²) in [4.78, 5) is 25.3. The van der Waals surface area contributed by atoms with Gasteiger partial charge in [-0.2, -0.15) is 0 Å². The summed E-state index contributed by atoms with van der Waals surface area (Å²) in [5, 5.41) is 2.81. The van der Waals surface area contributed by atoms with Gasteiger partial charge >= 0.3 is 0 Å². The maximum absolute atomic E-state index is 12.1. The molecule has 0 aromatic heterocycles. The van der Waals surface area contributed by atoms with Gasteiger partial charge in [-0.3, -0.25) is 9.59 Å². The summed E-state index contributed by atoms with van der Waals surface area (Å²) < 4.78 is 5.71. The number of hydrogen-bond donors (Lipinski definition) is 1. The molecule has 0 atom stereocenters. The maximum atomic E-state index is 12.1. The zero-order valence-electron chi connectivity index (χ0n) is 14.7. The average Bonchev–Trinajstić information content (AvgIpc) is 2.61. The quantitative estimate of drug-likeness (QED) is 0.788. The highest BCUT2D eigenvalue weighted by molar-refractivity contribution is 5.94. The van der Waals surface area contributed by atoms with Crippen LogP contribution in [0.4, 0.5) is 5.69 Å². The molecule has 0 fully saturated rings.